The fourth-order valence-electron chi connectivity index (χ4n) is 0.914. The van der Waals surface area contributed by atoms with Crippen LogP contribution in [0, 0.1) is 0 Å². The van der Waals surface area contributed by atoms with Crippen molar-refractivity contribution in [3.05, 3.63) is 45.3 Å². The fourth-order valence-corrected chi connectivity index (χ4v) is 1.44. The molecule has 0 bridgehead atoms. The van der Waals surface area contributed by atoms with E-state index in [4.69, 9.17) is 0 Å². The minimum Gasteiger partial charge on any atom is -0.311 e. The zero-order valence-corrected chi connectivity index (χ0v) is 9.46. The van der Waals surface area contributed by atoms with Gasteiger partial charge in [-0.05, 0) is 28.1 Å². The van der Waals surface area contributed by atoms with Crippen LogP contribution in [0.25, 0.3) is 0 Å². The van der Waals surface area contributed by atoms with Crippen molar-refractivity contribution < 1.29 is 0 Å². The van der Waals surface area contributed by atoms with Crippen LogP contribution in [0.5, 0.6) is 0 Å². The van der Waals surface area contributed by atoms with Crippen LogP contribution in [-0.4, -0.2) is 10.3 Å². The van der Waals surface area contributed by atoms with Gasteiger partial charge in [0.05, 0.1) is 4.47 Å². The van der Waals surface area contributed by atoms with Gasteiger partial charge in [0, 0.05) is 18.5 Å². The first-order valence-corrected chi connectivity index (χ1v) is 5.29. The molecule has 13 heavy (non-hydrogen) atoms. The molecule has 0 N–H and O–H groups in total. The smallest absolute Gasteiger partial charge is 0.265 e. The molecule has 0 amide bonds. The van der Waals surface area contributed by atoms with Crippen LogP contribution >= 0.6 is 28.6 Å². The average molecular weight is 260 g/mol. The second kappa shape index (κ2) is 5.29. The Kier molecular flexibility index (Phi) is 4.32. The second-order valence-electron chi connectivity index (χ2n) is 2.47. The van der Waals surface area contributed by atoms with E-state index in [1.165, 1.54) is 0 Å². The number of thiol groups is 1. The van der Waals surface area contributed by atoms with Crippen molar-refractivity contribution in [1.29, 1.82) is 0 Å². The van der Waals surface area contributed by atoms with Crippen molar-refractivity contribution in [3.63, 3.8) is 0 Å². The van der Waals surface area contributed by atoms with Crippen LogP contribution in [0.2, 0.25) is 0 Å². The number of hydrogen-bond donors (Lipinski definition) is 1. The number of halogens is 1. The summed E-state index contributed by atoms with van der Waals surface area (Å²) in [7, 11) is 0. The molecular formula is C9H10BrNOS. The highest BCUT2D eigenvalue weighted by atomic mass is 79.9. The molecular weight excluding hydrogens is 250 g/mol. The molecule has 0 radical (unpaired) electrons. The molecule has 0 aromatic carbocycles. The molecule has 0 atom stereocenters. The first kappa shape index (κ1) is 10.6. The Morgan fingerprint density at radius 2 is 2.31 bits per heavy atom. The van der Waals surface area contributed by atoms with Crippen molar-refractivity contribution >= 4 is 28.6 Å². The number of allylic oxidation sites excluding steroid dienone is 1. The van der Waals surface area contributed by atoms with E-state index in [0.29, 0.717) is 16.8 Å². The summed E-state index contributed by atoms with van der Waals surface area (Å²) < 4.78 is 2.22. The summed E-state index contributed by atoms with van der Waals surface area (Å²) in [5.74, 6) is 0.697. The van der Waals surface area contributed by atoms with E-state index in [2.05, 4.69) is 28.6 Å². The molecule has 1 rings (SSSR count). The van der Waals surface area contributed by atoms with Gasteiger partial charge in [-0.15, -0.1) is 0 Å². The zero-order valence-electron chi connectivity index (χ0n) is 6.98. The molecule has 0 aliphatic rings. The Labute approximate surface area is 90.8 Å². The van der Waals surface area contributed by atoms with Crippen molar-refractivity contribution in [3.8, 4) is 0 Å². The summed E-state index contributed by atoms with van der Waals surface area (Å²) in [6.07, 6.45) is 5.59. The maximum absolute atomic E-state index is 11.4. The maximum Gasteiger partial charge on any atom is 0.265 e. The number of hydrogen-bond acceptors (Lipinski definition) is 2. The summed E-state index contributed by atoms with van der Waals surface area (Å²) in [4.78, 5) is 11.4. The van der Waals surface area contributed by atoms with E-state index in [1.54, 1.807) is 16.8 Å². The van der Waals surface area contributed by atoms with E-state index in [0.717, 1.165) is 0 Å². The molecule has 0 aliphatic carbocycles. The topological polar surface area (TPSA) is 22.0 Å². The molecule has 0 aliphatic heterocycles. The largest absolute Gasteiger partial charge is 0.311 e. The molecule has 1 aromatic heterocycles. The monoisotopic (exact) mass is 259 g/mol. The Bertz CT molecular complexity index is 359. The van der Waals surface area contributed by atoms with Gasteiger partial charge in [0.15, 0.2) is 0 Å². The first-order valence-electron chi connectivity index (χ1n) is 3.86. The third kappa shape index (κ3) is 3.04. The first-order chi connectivity index (χ1) is 6.25. The quantitative estimate of drug-likeness (QED) is 0.652. The van der Waals surface area contributed by atoms with Crippen LogP contribution in [0.3, 0.4) is 0 Å². The lowest BCUT2D eigenvalue weighted by molar-refractivity contribution is 0.773. The highest BCUT2D eigenvalue weighted by Crippen LogP contribution is 2.00. The predicted octanol–water partition coefficient (Wildman–Crippen LogP) is 2.10. The summed E-state index contributed by atoms with van der Waals surface area (Å²) >= 11 is 7.21. The van der Waals surface area contributed by atoms with Gasteiger partial charge in [-0.25, -0.2) is 0 Å². The van der Waals surface area contributed by atoms with Crippen LogP contribution < -0.4 is 5.56 Å². The molecule has 0 spiro atoms. The van der Waals surface area contributed by atoms with Crippen LogP contribution in [0.1, 0.15) is 0 Å². The van der Waals surface area contributed by atoms with E-state index in [9.17, 15) is 4.79 Å². The fraction of sp³-hybridized carbons (Fsp3) is 0.222. The lowest BCUT2D eigenvalue weighted by Gasteiger charge is -2.00. The van der Waals surface area contributed by atoms with Gasteiger partial charge >= 0.3 is 0 Å². The van der Waals surface area contributed by atoms with Gasteiger partial charge in [0.25, 0.3) is 5.56 Å². The van der Waals surface area contributed by atoms with Gasteiger partial charge in [-0.2, -0.15) is 12.6 Å². The third-order valence-corrected chi connectivity index (χ3v) is 2.36. The zero-order chi connectivity index (χ0) is 9.68. The molecule has 1 aromatic rings. The molecule has 0 saturated carbocycles. The SMILES string of the molecule is O=c1c(Br)cccn1C/C=C/CS. The normalized spacial score (nSPS) is 10.9. The number of nitrogens with zero attached hydrogens (tertiary/aromatic N) is 1. The van der Waals surface area contributed by atoms with E-state index < -0.39 is 0 Å². The average Bonchev–Trinajstić information content (AvgIpc) is 2.13. The molecule has 0 unspecified atom stereocenters. The summed E-state index contributed by atoms with van der Waals surface area (Å²) in [6.45, 7) is 0.596. The third-order valence-electron chi connectivity index (χ3n) is 1.55. The predicted molar refractivity (Wildman–Crippen MR) is 61.4 cm³/mol. The van der Waals surface area contributed by atoms with Gasteiger partial charge in [0.2, 0.25) is 0 Å². The molecule has 4 heteroatoms. The van der Waals surface area contributed by atoms with Gasteiger partial charge < -0.3 is 4.57 Å². The standard InChI is InChI=1S/C9H10BrNOS/c10-8-4-3-6-11(9(8)12)5-1-2-7-13/h1-4,6,13H,5,7H2/b2-1+. The van der Waals surface area contributed by atoms with Crippen molar-refractivity contribution in [2.24, 2.45) is 0 Å². The Hall–Kier alpha value is -0.480. The Morgan fingerprint density at radius 3 is 3.00 bits per heavy atom. The van der Waals surface area contributed by atoms with Gasteiger partial charge in [-0.1, -0.05) is 12.2 Å². The summed E-state index contributed by atoms with van der Waals surface area (Å²) in [5.41, 5.74) is -0.00804. The van der Waals surface area contributed by atoms with Crippen molar-refractivity contribution in [2.45, 2.75) is 6.54 Å². The summed E-state index contributed by atoms with van der Waals surface area (Å²) in [6, 6.07) is 3.57. The summed E-state index contributed by atoms with van der Waals surface area (Å²) in [5, 5.41) is 0. The van der Waals surface area contributed by atoms with E-state index >= 15 is 0 Å². The highest BCUT2D eigenvalue weighted by molar-refractivity contribution is 9.10. The lowest BCUT2D eigenvalue weighted by Crippen LogP contribution is -2.18. The van der Waals surface area contributed by atoms with Crippen molar-refractivity contribution in [2.75, 3.05) is 5.75 Å². The molecule has 0 fully saturated rings. The van der Waals surface area contributed by atoms with Gasteiger partial charge in [0.1, 0.15) is 0 Å². The minimum atomic E-state index is -0.00804. The van der Waals surface area contributed by atoms with Crippen LogP contribution in [0.15, 0.2) is 39.7 Å². The number of pyridine rings is 1. The highest BCUT2D eigenvalue weighted by Gasteiger charge is 1.96. The molecule has 0 saturated heterocycles. The van der Waals surface area contributed by atoms with E-state index in [-0.39, 0.29) is 5.56 Å². The van der Waals surface area contributed by atoms with E-state index in [1.807, 2.05) is 18.2 Å². The van der Waals surface area contributed by atoms with Crippen molar-refractivity contribution in [1.82, 2.24) is 4.57 Å². The number of rotatable bonds is 3. The number of aromatic nitrogens is 1. The molecule has 2 nitrogen and oxygen atoms in total. The second-order valence-corrected chi connectivity index (χ2v) is 3.69. The molecule has 70 valence electrons. The Balaban J connectivity index is 2.84. The van der Waals surface area contributed by atoms with Crippen LogP contribution in [0.4, 0.5) is 0 Å². The molecule has 1 heterocycles. The minimum absolute atomic E-state index is 0.00804. The lowest BCUT2D eigenvalue weighted by atomic mass is 10.4. The Morgan fingerprint density at radius 1 is 1.54 bits per heavy atom. The maximum atomic E-state index is 11.4. The van der Waals surface area contributed by atoms with Gasteiger partial charge in [-0.3, -0.25) is 4.79 Å². The van der Waals surface area contributed by atoms with Crippen LogP contribution in [-0.2, 0) is 6.54 Å².